The van der Waals surface area contributed by atoms with Gasteiger partial charge in [0, 0.05) is 25.7 Å². The maximum atomic E-state index is 12.6. The van der Waals surface area contributed by atoms with Crippen LogP contribution in [0.2, 0.25) is 0 Å². The fourth-order valence-corrected chi connectivity index (χ4v) is 3.54. The van der Waals surface area contributed by atoms with Crippen LogP contribution in [0.5, 0.6) is 0 Å². The van der Waals surface area contributed by atoms with E-state index in [1.54, 1.807) is 11.9 Å². The molecule has 0 bridgehead atoms. The monoisotopic (exact) mass is 288 g/mol. The number of benzene rings is 1. The summed E-state index contributed by atoms with van der Waals surface area (Å²) < 4.78 is 0. The summed E-state index contributed by atoms with van der Waals surface area (Å²) in [5.41, 5.74) is 2.60. The van der Waals surface area contributed by atoms with Crippen molar-refractivity contribution in [3.63, 3.8) is 0 Å². The predicted molar refractivity (Wildman–Crippen MR) is 82.2 cm³/mol. The van der Waals surface area contributed by atoms with Gasteiger partial charge in [0.25, 0.3) is 5.91 Å². The van der Waals surface area contributed by atoms with Crippen molar-refractivity contribution < 1.29 is 9.90 Å². The van der Waals surface area contributed by atoms with Gasteiger partial charge in [-0.3, -0.25) is 4.79 Å². The minimum absolute atomic E-state index is 0.00342. The second kappa shape index (κ2) is 5.78. The molecule has 0 radical (unpaired) electrons. The van der Waals surface area contributed by atoms with Crippen LogP contribution in [0.15, 0.2) is 18.2 Å². The highest BCUT2D eigenvalue weighted by Gasteiger charge is 2.33. The first-order chi connectivity index (χ1) is 10.1. The highest BCUT2D eigenvalue weighted by atomic mass is 16.3. The molecule has 0 aromatic heterocycles. The molecule has 0 spiro atoms. The van der Waals surface area contributed by atoms with Crippen LogP contribution < -0.4 is 5.32 Å². The fourth-order valence-electron chi connectivity index (χ4n) is 3.54. The summed E-state index contributed by atoms with van der Waals surface area (Å²) in [6.45, 7) is 2.28. The van der Waals surface area contributed by atoms with E-state index in [0.717, 1.165) is 50.8 Å². The van der Waals surface area contributed by atoms with Crippen LogP contribution in [0.1, 0.15) is 47.2 Å². The third-order valence-electron chi connectivity index (χ3n) is 4.75. The minimum atomic E-state index is -0.680. The Labute approximate surface area is 126 Å². The molecule has 1 aromatic rings. The van der Waals surface area contributed by atoms with Gasteiger partial charge in [-0.2, -0.15) is 0 Å². The second-order valence-electron chi connectivity index (χ2n) is 6.50. The molecule has 21 heavy (non-hydrogen) atoms. The minimum Gasteiger partial charge on any atom is -0.388 e. The normalized spacial score (nSPS) is 20.1. The lowest BCUT2D eigenvalue weighted by Gasteiger charge is -2.29. The summed E-state index contributed by atoms with van der Waals surface area (Å²) >= 11 is 0. The van der Waals surface area contributed by atoms with E-state index in [9.17, 15) is 9.90 Å². The van der Waals surface area contributed by atoms with E-state index in [1.165, 1.54) is 11.1 Å². The molecule has 114 valence electrons. The summed E-state index contributed by atoms with van der Waals surface area (Å²) in [6.07, 6.45) is 4.75. The Hall–Kier alpha value is -1.39. The summed E-state index contributed by atoms with van der Waals surface area (Å²) in [5.74, 6) is 0.00342. The summed E-state index contributed by atoms with van der Waals surface area (Å²) in [7, 11) is 1.79. The highest BCUT2D eigenvalue weighted by Crippen LogP contribution is 2.30. The van der Waals surface area contributed by atoms with Crippen molar-refractivity contribution in [3.8, 4) is 0 Å². The zero-order valence-electron chi connectivity index (χ0n) is 12.7. The van der Waals surface area contributed by atoms with Gasteiger partial charge in [0.15, 0.2) is 0 Å². The van der Waals surface area contributed by atoms with Gasteiger partial charge in [-0.25, -0.2) is 0 Å². The number of fused-ring (bicyclic) bond motifs is 1. The van der Waals surface area contributed by atoms with Crippen molar-refractivity contribution in [2.45, 2.75) is 44.2 Å². The summed E-state index contributed by atoms with van der Waals surface area (Å²) in [4.78, 5) is 14.2. The van der Waals surface area contributed by atoms with Crippen LogP contribution in [0.25, 0.3) is 0 Å². The number of carbonyl (C=O) groups excluding carboxylic acids is 1. The van der Waals surface area contributed by atoms with Crippen LogP contribution in [0.4, 0.5) is 0 Å². The molecule has 0 atom stereocenters. The highest BCUT2D eigenvalue weighted by molar-refractivity contribution is 5.94. The first-order valence-electron chi connectivity index (χ1n) is 7.88. The Morgan fingerprint density at radius 1 is 1.33 bits per heavy atom. The lowest BCUT2D eigenvalue weighted by Crippen LogP contribution is -2.42. The Bertz CT molecular complexity index is 536. The van der Waals surface area contributed by atoms with Crippen molar-refractivity contribution in [2.75, 3.05) is 20.1 Å². The average molecular weight is 288 g/mol. The van der Waals surface area contributed by atoms with E-state index in [2.05, 4.69) is 11.4 Å². The van der Waals surface area contributed by atoms with Gasteiger partial charge >= 0.3 is 0 Å². The number of hydrogen-bond donors (Lipinski definition) is 2. The molecule has 1 aromatic carbocycles. The summed E-state index contributed by atoms with van der Waals surface area (Å²) in [6, 6.07) is 5.99. The van der Waals surface area contributed by atoms with Gasteiger partial charge in [0.2, 0.25) is 0 Å². The molecule has 2 aliphatic rings. The average Bonchev–Trinajstić information content (AvgIpc) is 2.92. The van der Waals surface area contributed by atoms with Crippen molar-refractivity contribution in [1.29, 1.82) is 0 Å². The van der Waals surface area contributed by atoms with Gasteiger partial charge in [-0.1, -0.05) is 18.9 Å². The van der Waals surface area contributed by atoms with E-state index < -0.39 is 5.60 Å². The quantitative estimate of drug-likeness (QED) is 0.890. The fraction of sp³-hybridized carbons (Fsp3) is 0.588. The third-order valence-corrected chi connectivity index (χ3v) is 4.75. The van der Waals surface area contributed by atoms with Crippen LogP contribution >= 0.6 is 0 Å². The molecule has 3 rings (SSSR count). The number of rotatable bonds is 3. The molecule has 1 saturated carbocycles. The van der Waals surface area contributed by atoms with Gasteiger partial charge in [0.1, 0.15) is 0 Å². The standard InChI is InChI=1S/C17H24N2O2/c1-19(12-17(21)7-2-3-8-17)16(20)14-5-4-13-6-9-18-11-15(13)10-14/h4-5,10,18,21H,2-3,6-9,11-12H2,1H3. The first kappa shape index (κ1) is 14.5. The first-order valence-corrected chi connectivity index (χ1v) is 7.88. The van der Waals surface area contributed by atoms with Gasteiger partial charge < -0.3 is 15.3 Å². The Morgan fingerprint density at radius 2 is 2.10 bits per heavy atom. The van der Waals surface area contributed by atoms with E-state index in [0.29, 0.717) is 6.54 Å². The maximum Gasteiger partial charge on any atom is 0.253 e. The third kappa shape index (κ3) is 3.11. The number of nitrogens with zero attached hydrogens (tertiary/aromatic N) is 1. The van der Waals surface area contributed by atoms with Gasteiger partial charge in [0.05, 0.1) is 5.60 Å². The number of aliphatic hydroxyl groups is 1. The van der Waals surface area contributed by atoms with Crippen molar-refractivity contribution in [3.05, 3.63) is 34.9 Å². The van der Waals surface area contributed by atoms with Crippen molar-refractivity contribution >= 4 is 5.91 Å². The van der Waals surface area contributed by atoms with E-state index in [4.69, 9.17) is 0 Å². The van der Waals surface area contributed by atoms with Crippen molar-refractivity contribution in [2.24, 2.45) is 0 Å². The molecule has 1 amide bonds. The lowest BCUT2D eigenvalue weighted by molar-refractivity contribution is 0.0157. The molecule has 0 unspecified atom stereocenters. The van der Waals surface area contributed by atoms with Crippen LogP contribution in [-0.4, -0.2) is 41.7 Å². The Balaban J connectivity index is 1.72. The van der Waals surface area contributed by atoms with E-state index in [1.807, 2.05) is 12.1 Å². The maximum absolute atomic E-state index is 12.6. The zero-order valence-corrected chi connectivity index (χ0v) is 12.7. The van der Waals surface area contributed by atoms with E-state index in [-0.39, 0.29) is 5.91 Å². The molecule has 4 heteroatoms. The zero-order chi connectivity index (χ0) is 14.9. The Morgan fingerprint density at radius 3 is 2.86 bits per heavy atom. The van der Waals surface area contributed by atoms with Crippen LogP contribution in [-0.2, 0) is 13.0 Å². The molecule has 1 fully saturated rings. The SMILES string of the molecule is CN(CC1(O)CCCC1)C(=O)c1ccc2c(c1)CNCC2. The molecule has 2 N–H and O–H groups in total. The molecule has 1 aliphatic heterocycles. The molecule has 1 heterocycles. The number of nitrogens with one attached hydrogen (secondary N) is 1. The van der Waals surface area contributed by atoms with Crippen LogP contribution in [0.3, 0.4) is 0 Å². The molecule has 4 nitrogen and oxygen atoms in total. The van der Waals surface area contributed by atoms with Gasteiger partial charge in [-0.15, -0.1) is 0 Å². The molecular formula is C17H24N2O2. The van der Waals surface area contributed by atoms with Crippen LogP contribution in [0, 0.1) is 0 Å². The second-order valence-corrected chi connectivity index (χ2v) is 6.50. The topological polar surface area (TPSA) is 52.6 Å². The predicted octanol–water partition coefficient (Wildman–Crippen LogP) is 1.71. The van der Waals surface area contributed by atoms with E-state index >= 15 is 0 Å². The Kier molecular flexibility index (Phi) is 4.00. The number of likely N-dealkylation sites (N-methyl/N-ethyl adjacent to an activating group) is 1. The lowest BCUT2D eigenvalue weighted by atomic mass is 9.97. The molecule has 1 aliphatic carbocycles. The molecule has 0 saturated heterocycles. The van der Waals surface area contributed by atoms with Gasteiger partial charge in [-0.05, 0) is 49.1 Å². The number of carbonyl (C=O) groups is 1. The summed E-state index contributed by atoms with van der Waals surface area (Å²) in [5, 5.41) is 13.8. The smallest absolute Gasteiger partial charge is 0.253 e. The number of amides is 1. The van der Waals surface area contributed by atoms with Crippen molar-refractivity contribution in [1.82, 2.24) is 10.2 Å². The largest absolute Gasteiger partial charge is 0.388 e. The molecular weight excluding hydrogens is 264 g/mol. The number of hydrogen-bond acceptors (Lipinski definition) is 3.